The Balaban J connectivity index is 2.09. The van der Waals surface area contributed by atoms with Crippen LogP contribution in [0.4, 0.5) is 13.2 Å². The van der Waals surface area contributed by atoms with E-state index in [1.54, 1.807) is 16.7 Å². The second-order valence-corrected chi connectivity index (χ2v) is 5.17. The molecule has 0 atom stereocenters. The monoisotopic (exact) mass is 308 g/mol. The Hall–Kier alpha value is -1.99. The molecular weight excluding hydrogens is 294 g/mol. The molecule has 1 fully saturated rings. The maximum absolute atomic E-state index is 12.9. The molecule has 2 aromatic rings. The molecule has 0 unspecified atom stereocenters. The molecule has 0 amide bonds. The first-order chi connectivity index (χ1) is 10.4. The van der Waals surface area contributed by atoms with Crippen molar-refractivity contribution in [3.8, 4) is 17.4 Å². The molecule has 0 bridgehead atoms. The van der Waals surface area contributed by atoms with Gasteiger partial charge in [-0.3, -0.25) is 0 Å². The molecule has 1 aliphatic rings. The molecule has 22 heavy (non-hydrogen) atoms. The third-order valence-electron chi connectivity index (χ3n) is 3.59. The van der Waals surface area contributed by atoms with E-state index in [0.717, 1.165) is 24.5 Å². The van der Waals surface area contributed by atoms with Crippen molar-refractivity contribution in [3.05, 3.63) is 24.0 Å². The smallest absolute Gasteiger partial charge is 0.434 e. The molecule has 1 radical (unpaired) electrons. The van der Waals surface area contributed by atoms with Crippen LogP contribution < -0.4 is 10.2 Å². The zero-order valence-electron chi connectivity index (χ0n) is 12.2. The van der Waals surface area contributed by atoms with Gasteiger partial charge in [0.15, 0.2) is 18.8 Å². The standard InChI is InChI=1S/C14H14BF3N3O/c1-15-9-5-6-10(19-13(9)22-2)12-20-11(14(16,17)18)7-21(12)8-3-4-8/h5-8H,3-4H2,1-2H3. The van der Waals surface area contributed by atoms with Gasteiger partial charge in [0.25, 0.3) is 0 Å². The van der Waals surface area contributed by atoms with Crippen molar-refractivity contribution < 1.29 is 17.9 Å². The molecule has 0 N–H and O–H groups in total. The first-order valence-corrected chi connectivity index (χ1v) is 6.95. The van der Waals surface area contributed by atoms with Crippen molar-refractivity contribution in [2.75, 3.05) is 7.11 Å². The van der Waals surface area contributed by atoms with Gasteiger partial charge in [-0.2, -0.15) is 13.2 Å². The number of halogens is 3. The summed E-state index contributed by atoms with van der Waals surface area (Å²) < 4.78 is 45.5. The van der Waals surface area contributed by atoms with Crippen LogP contribution >= 0.6 is 0 Å². The topological polar surface area (TPSA) is 39.9 Å². The van der Waals surface area contributed by atoms with Crippen molar-refractivity contribution in [2.45, 2.75) is 31.9 Å². The van der Waals surface area contributed by atoms with E-state index in [0.29, 0.717) is 11.6 Å². The summed E-state index contributed by atoms with van der Waals surface area (Å²) in [6.07, 6.45) is -1.67. The minimum absolute atomic E-state index is 0.0730. The quantitative estimate of drug-likeness (QED) is 0.815. The summed E-state index contributed by atoms with van der Waals surface area (Å²) in [5.74, 6) is 0.606. The van der Waals surface area contributed by atoms with Gasteiger partial charge < -0.3 is 9.30 Å². The van der Waals surface area contributed by atoms with Crippen molar-refractivity contribution in [1.82, 2.24) is 14.5 Å². The van der Waals surface area contributed by atoms with Crippen LogP contribution in [0.5, 0.6) is 5.88 Å². The van der Waals surface area contributed by atoms with Gasteiger partial charge >= 0.3 is 6.18 Å². The summed E-state index contributed by atoms with van der Waals surface area (Å²) >= 11 is 0. The lowest BCUT2D eigenvalue weighted by molar-refractivity contribution is -0.140. The molecular formula is C14H14BF3N3O. The molecule has 2 heterocycles. The van der Waals surface area contributed by atoms with Gasteiger partial charge in [0.05, 0.1) is 7.11 Å². The highest BCUT2D eigenvalue weighted by atomic mass is 19.4. The highest BCUT2D eigenvalue weighted by Crippen LogP contribution is 2.40. The molecule has 0 aromatic carbocycles. The molecule has 0 spiro atoms. The van der Waals surface area contributed by atoms with E-state index < -0.39 is 11.9 Å². The number of nitrogens with zero attached hydrogens (tertiary/aromatic N) is 3. The van der Waals surface area contributed by atoms with Gasteiger partial charge in [0.1, 0.15) is 5.69 Å². The molecule has 2 aromatic heterocycles. The summed E-state index contributed by atoms with van der Waals surface area (Å²) in [7, 11) is 3.30. The van der Waals surface area contributed by atoms with E-state index in [9.17, 15) is 13.2 Å². The lowest BCUT2D eigenvalue weighted by atomic mass is 9.74. The number of pyridine rings is 1. The predicted molar refractivity (Wildman–Crippen MR) is 76.5 cm³/mol. The average Bonchev–Trinajstić information content (AvgIpc) is 3.23. The zero-order chi connectivity index (χ0) is 15.9. The van der Waals surface area contributed by atoms with Crippen LogP contribution in [0.15, 0.2) is 18.3 Å². The maximum atomic E-state index is 12.9. The van der Waals surface area contributed by atoms with Crippen LogP contribution in [0, 0.1) is 0 Å². The Bertz CT molecular complexity index is 695. The number of hydrogen-bond donors (Lipinski definition) is 0. The molecule has 4 nitrogen and oxygen atoms in total. The van der Waals surface area contributed by atoms with Gasteiger partial charge in [-0.05, 0) is 24.4 Å². The first-order valence-electron chi connectivity index (χ1n) is 6.95. The number of rotatable bonds is 4. The summed E-state index contributed by atoms with van der Waals surface area (Å²) in [6.45, 7) is 1.84. The molecule has 1 aliphatic carbocycles. The largest absolute Gasteiger partial charge is 0.481 e. The fraction of sp³-hybridized carbons (Fsp3) is 0.429. The number of hydrogen-bond acceptors (Lipinski definition) is 3. The second-order valence-electron chi connectivity index (χ2n) is 5.17. The summed E-state index contributed by atoms with van der Waals surface area (Å²) in [4.78, 5) is 8.05. The summed E-state index contributed by atoms with van der Waals surface area (Å²) in [5, 5.41) is 0. The molecule has 3 rings (SSSR count). The number of alkyl halides is 3. The lowest BCUT2D eigenvalue weighted by Crippen LogP contribution is -2.16. The second kappa shape index (κ2) is 5.33. The van der Waals surface area contributed by atoms with Crippen molar-refractivity contribution >= 4 is 12.7 Å². The van der Waals surface area contributed by atoms with E-state index in [4.69, 9.17) is 4.74 Å². The third kappa shape index (κ3) is 2.69. The van der Waals surface area contributed by atoms with Crippen LogP contribution in [0.25, 0.3) is 11.5 Å². The van der Waals surface area contributed by atoms with Gasteiger partial charge in [0.2, 0.25) is 5.88 Å². The number of imidazole rings is 1. The Morgan fingerprint density at radius 2 is 2.00 bits per heavy atom. The molecule has 0 aliphatic heterocycles. The van der Waals surface area contributed by atoms with Gasteiger partial charge in [-0.25, -0.2) is 9.97 Å². The SMILES string of the molecule is C[B]c1ccc(-c2nc(C(F)(F)F)cn2C2CC2)nc1OC. The van der Waals surface area contributed by atoms with Crippen LogP contribution in [0.1, 0.15) is 24.6 Å². The van der Waals surface area contributed by atoms with E-state index in [1.807, 2.05) is 14.1 Å². The van der Waals surface area contributed by atoms with E-state index in [2.05, 4.69) is 9.97 Å². The van der Waals surface area contributed by atoms with Crippen LogP contribution in [0.3, 0.4) is 0 Å². The normalized spacial score (nSPS) is 15.0. The van der Waals surface area contributed by atoms with Gasteiger partial charge in [-0.15, -0.1) is 0 Å². The highest BCUT2D eigenvalue weighted by Gasteiger charge is 2.37. The minimum Gasteiger partial charge on any atom is -0.481 e. The Labute approximate surface area is 126 Å². The molecule has 115 valence electrons. The predicted octanol–water partition coefficient (Wildman–Crippen LogP) is 2.69. The molecule has 0 saturated heterocycles. The third-order valence-corrected chi connectivity index (χ3v) is 3.59. The Morgan fingerprint density at radius 3 is 2.55 bits per heavy atom. The van der Waals surface area contributed by atoms with Crippen LogP contribution in [-0.4, -0.2) is 28.9 Å². The number of aromatic nitrogens is 3. The molecule has 1 saturated carbocycles. The highest BCUT2D eigenvalue weighted by molar-refractivity contribution is 6.53. The number of ether oxygens (including phenoxy) is 1. The minimum atomic E-state index is -4.46. The van der Waals surface area contributed by atoms with Crippen LogP contribution in [-0.2, 0) is 6.18 Å². The summed E-state index contributed by atoms with van der Waals surface area (Å²) in [5.41, 5.74) is 0.276. The van der Waals surface area contributed by atoms with Gasteiger partial charge in [0, 0.05) is 12.2 Å². The Kier molecular flexibility index (Phi) is 3.62. The summed E-state index contributed by atoms with van der Waals surface area (Å²) in [6, 6.07) is 3.50. The average molecular weight is 308 g/mol. The fourth-order valence-electron chi connectivity index (χ4n) is 2.31. The van der Waals surface area contributed by atoms with E-state index in [1.165, 1.54) is 7.11 Å². The van der Waals surface area contributed by atoms with Crippen molar-refractivity contribution in [2.24, 2.45) is 0 Å². The van der Waals surface area contributed by atoms with E-state index in [-0.39, 0.29) is 11.9 Å². The maximum Gasteiger partial charge on any atom is 0.434 e. The van der Waals surface area contributed by atoms with Crippen LogP contribution in [0.2, 0.25) is 6.82 Å². The molecule has 8 heteroatoms. The fourth-order valence-corrected chi connectivity index (χ4v) is 2.31. The number of methoxy groups -OCH3 is 1. The zero-order valence-corrected chi connectivity index (χ0v) is 12.2. The lowest BCUT2D eigenvalue weighted by Gasteiger charge is -2.09. The van der Waals surface area contributed by atoms with Crippen molar-refractivity contribution in [3.63, 3.8) is 0 Å². The first kappa shape index (κ1) is 14.9. The van der Waals surface area contributed by atoms with Gasteiger partial charge in [-0.1, -0.05) is 12.9 Å². The van der Waals surface area contributed by atoms with Crippen molar-refractivity contribution in [1.29, 1.82) is 0 Å². The van der Waals surface area contributed by atoms with E-state index >= 15 is 0 Å². The Morgan fingerprint density at radius 1 is 1.27 bits per heavy atom.